The number of nitrogens with one attached hydrogen (secondary N) is 2. The first kappa shape index (κ1) is 13.0. The molecule has 7 nitrogen and oxygen atoms in total. The van der Waals surface area contributed by atoms with E-state index in [-0.39, 0.29) is 23.1 Å². The first-order valence-corrected chi connectivity index (χ1v) is 5.84. The third kappa shape index (κ3) is 3.06. The molecule has 2 N–H and O–H groups in total. The van der Waals surface area contributed by atoms with Gasteiger partial charge in [-0.1, -0.05) is 6.07 Å². The Morgan fingerprint density at radius 2 is 2.00 bits per heavy atom. The second-order valence-electron chi connectivity index (χ2n) is 4.47. The van der Waals surface area contributed by atoms with Gasteiger partial charge in [-0.15, -0.1) is 0 Å². The van der Waals surface area contributed by atoms with Gasteiger partial charge in [0, 0.05) is 18.1 Å². The van der Waals surface area contributed by atoms with E-state index in [9.17, 15) is 19.7 Å². The molecule has 1 aromatic carbocycles. The van der Waals surface area contributed by atoms with Gasteiger partial charge in [-0.25, -0.2) is 0 Å². The maximum absolute atomic E-state index is 11.8. The van der Waals surface area contributed by atoms with Crippen molar-refractivity contribution < 1.29 is 14.5 Å². The highest BCUT2D eigenvalue weighted by molar-refractivity contribution is 5.97. The zero-order valence-corrected chi connectivity index (χ0v) is 10.3. The van der Waals surface area contributed by atoms with Crippen LogP contribution in [0.1, 0.15) is 28.8 Å². The van der Waals surface area contributed by atoms with E-state index in [1.54, 1.807) is 6.92 Å². The molecule has 19 heavy (non-hydrogen) atoms. The third-order valence-electron chi connectivity index (χ3n) is 2.92. The van der Waals surface area contributed by atoms with Crippen molar-refractivity contribution in [3.8, 4) is 0 Å². The Balaban J connectivity index is 2.06. The van der Waals surface area contributed by atoms with Gasteiger partial charge < -0.3 is 0 Å². The molecule has 0 atom stereocenters. The molecule has 2 amide bonds. The number of nitrogens with zero attached hydrogens (tertiary/aromatic N) is 1. The maximum Gasteiger partial charge on any atom is 0.270 e. The molecule has 1 saturated carbocycles. The second-order valence-corrected chi connectivity index (χ2v) is 4.47. The van der Waals surface area contributed by atoms with Gasteiger partial charge in [-0.05, 0) is 25.3 Å². The van der Waals surface area contributed by atoms with Gasteiger partial charge in [0.05, 0.1) is 10.5 Å². The van der Waals surface area contributed by atoms with Crippen LogP contribution in [0.3, 0.4) is 0 Å². The molecule has 0 bridgehead atoms. The second kappa shape index (κ2) is 5.05. The van der Waals surface area contributed by atoms with Gasteiger partial charge in [-0.3, -0.25) is 30.6 Å². The molecule has 0 aromatic heterocycles. The zero-order chi connectivity index (χ0) is 14.0. The topological polar surface area (TPSA) is 101 Å². The molecule has 7 heteroatoms. The van der Waals surface area contributed by atoms with Crippen LogP contribution in [0.2, 0.25) is 0 Å². The van der Waals surface area contributed by atoms with E-state index in [0.29, 0.717) is 5.56 Å². The zero-order valence-electron chi connectivity index (χ0n) is 10.3. The van der Waals surface area contributed by atoms with Crippen molar-refractivity contribution in [3.05, 3.63) is 39.4 Å². The fourth-order valence-electron chi connectivity index (χ4n) is 1.60. The minimum Gasteiger partial charge on any atom is -0.273 e. The highest BCUT2D eigenvalue weighted by atomic mass is 16.6. The lowest BCUT2D eigenvalue weighted by atomic mass is 10.1. The monoisotopic (exact) mass is 263 g/mol. The van der Waals surface area contributed by atoms with Crippen LogP contribution in [0.25, 0.3) is 0 Å². The van der Waals surface area contributed by atoms with Crippen molar-refractivity contribution in [3.63, 3.8) is 0 Å². The van der Waals surface area contributed by atoms with E-state index in [0.717, 1.165) is 12.8 Å². The molecular weight excluding hydrogens is 250 g/mol. The Morgan fingerprint density at radius 3 is 2.58 bits per heavy atom. The quantitative estimate of drug-likeness (QED) is 0.629. The predicted octanol–water partition coefficient (Wildman–Crippen LogP) is 1.07. The number of non-ortho nitro benzene ring substituents is 1. The van der Waals surface area contributed by atoms with Crippen LogP contribution in [0.5, 0.6) is 0 Å². The molecule has 0 saturated heterocycles. The largest absolute Gasteiger partial charge is 0.273 e. The van der Waals surface area contributed by atoms with E-state index in [4.69, 9.17) is 0 Å². The lowest BCUT2D eigenvalue weighted by Crippen LogP contribution is -2.42. The Kier molecular flexibility index (Phi) is 3.46. The van der Waals surface area contributed by atoms with Gasteiger partial charge in [0.2, 0.25) is 5.91 Å². The summed E-state index contributed by atoms with van der Waals surface area (Å²) in [5.41, 5.74) is 5.19. The van der Waals surface area contributed by atoms with Gasteiger partial charge in [0.25, 0.3) is 11.6 Å². The Bertz CT molecular complexity index is 552. The van der Waals surface area contributed by atoms with Crippen LogP contribution < -0.4 is 10.9 Å². The number of rotatable bonds is 3. The number of hydrogen-bond donors (Lipinski definition) is 2. The first-order valence-electron chi connectivity index (χ1n) is 5.84. The summed E-state index contributed by atoms with van der Waals surface area (Å²) in [6, 6.07) is 4.01. The molecule has 0 unspecified atom stereocenters. The summed E-state index contributed by atoms with van der Waals surface area (Å²) in [6.45, 7) is 1.67. The normalized spacial score (nSPS) is 13.7. The summed E-state index contributed by atoms with van der Waals surface area (Å²) in [5, 5.41) is 10.7. The van der Waals surface area contributed by atoms with Crippen LogP contribution in [0, 0.1) is 23.0 Å². The van der Waals surface area contributed by atoms with Crippen molar-refractivity contribution in [1.29, 1.82) is 0 Å². The number of hydrogen-bond acceptors (Lipinski definition) is 4. The van der Waals surface area contributed by atoms with Crippen LogP contribution in [-0.2, 0) is 4.79 Å². The van der Waals surface area contributed by atoms with E-state index < -0.39 is 10.8 Å². The van der Waals surface area contributed by atoms with Crippen LogP contribution >= 0.6 is 0 Å². The Labute approximate surface area is 109 Å². The lowest BCUT2D eigenvalue weighted by molar-refractivity contribution is -0.384. The minimum absolute atomic E-state index is 0.0218. The smallest absolute Gasteiger partial charge is 0.270 e. The number of benzene rings is 1. The Hall–Kier alpha value is -2.44. The number of nitro groups is 1. The summed E-state index contributed by atoms with van der Waals surface area (Å²) < 4.78 is 0. The number of nitro benzene ring substituents is 1. The molecule has 2 rings (SSSR count). The van der Waals surface area contributed by atoms with Crippen molar-refractivity contribution in [2.24, 2.45) is 5.92 Å². The summed E-state index contributed by atoms with van der Waals surface area (Å²) >= 11 is 0. The lowest BCUT2D eigenvalue weighted by Gasteiger charge is -2.08. The number of carbonyl (C=O) groups is 2. The molecule has 0 aliphatic heterocycles. The molecule has 100 valence electrons. The predicted molar refractivity (Wildman–Crippen MR) is 66.2 cm³/mol. The van der Waals surface area contributed by atoms with Crippen LogP contribution in [0.4, 0.5) is 5.69 Å². The van der Waals surface area contributed by atoms with Gasteiger partial charge in [0.15, 0.2) is 0 Å². The first-order chi connectivity index (χ1) is 8.99. The number of carbonyl (C=O) groups excluding carboxylic acids is 2. The van der Waals surface area contributed by atoms with E-state index in [2.05, 4.69) is 10.9 Å². The molecule has 1 aliphatic carbocycles. The maximum atomic E-state index is 11.8. The van der Waals surface area contributed by atoms with Gasteiger partial charge in [-0.2, -0.15) is 0 Å². The summed E-state index contributed by atoms with van der Waals surface area (Å²) in [4.78, 5) is 33.3. The average Bonchev–Trinajstić information content (AvgIpc) is 3.20. The standard InChI is InChI=1S/C12H13N3O4/c1-7-2-5-9(15(18)19)6-10(7)12(17)14-13-11(16)8-3-4-8/h2,5-6,8H,3-4H2,1H3,(H,13,16)(H,14,17). The fourth-order valence-corrected chi connectivity index (χ4v) is 1.60. The third-order valence-corrected chi connectivity index (χ3v) is 2.92. The molecular formula is C12H13N3O4. The highest BCUT2D eigenvalue weighted by Gasteiger charge is 2.29. The van der Waals surface area contributed by atoms with Crippen molar-refractivity contribution in [2.75, 3.05) is 0 Å². The van der Waals surface area contributed by atoms with Crippen molar-refractivity contribution >= 4 is 17.5 Å². The van der Waals surface area contributed by atoms with Crippen molar-refractivity contribution in [1.82, 2.24) is 10.9 Å². The average molecular weight is 263 g/mol. The van der Waals surface area contributed by atoms with Gasteiger partial charge in [0.1, 0.15) is 0 Å². The molecule has 1 aromatic rings. The minimum atomic E-state index is -0.570. The Morgan fingerprint density at radius 1 is 1.32 bits per heavy atom. The number of amides is 2. The van der Waals surface area contributed by atoms with Crippen LogP contribution in [0.15, 0.2) is 18.2 Å². The van der Waals surface area contributed by atoms with Crippen LogP contribution in [-0.4, -0.2) is 16.7 Å². The summed E-state index contributed by atoms with van der Waals surface area (Å²) in [6.07, 6.45) is 1.66. The highest BCUT2D eigenvalue weighted by Crippen LogP contribution is 2.28. The van der Waals surface area contributed by atoms with Gasteiger partial charge >= 0.3 is 0 Å². The van der Waals surface area contributed by atoms with E-state index >= 15 is 0 Å². The fraction of sp³-hybridized carbons (Fsp3) is 0.333. The molecule has 1 aliphatic rings. The summed E-state index contributed by atoms with van der Waals surface area (Å²) in [7, 11) is 0. The van der Waals surface area contributed by atoms with E-state index in [1.165, 1.54) is 18.2 Å². The SMILES string of the molecule is Cc1ccc([N+](=O)[O-])cc1C(=O)NNC(=O)C1CC1. The molecule has 0 radical (unpaired) electrons. The molecule has 0 heterocycles. The van der Waals surface area contributed by atoms with E-state index in [1.807, 2.05) is 0 Å². The van der Waals surface area contributed by atoms with Crippen molar-refractivity contribution in [2.45, 2.75) is 19.8 Å². The molecule has 0 spiro atoms. The number of hydrazine groups is 1. The molecule has 1 fully saturated rings. The number of aryl methyl sites for hydroxylation is 1. The summed E-state index contributed by atoms with van der Waals surface area (Å²) in [5.74, 6) is -0.807.